The summed E-state index contributed by atoms with van der Waals surface area (Å²) in [4.78, 5) is 4.67. The molecule has 140 valence electrons. The molecule has 0 saturated carbocycles. The van der Waals surface area contributed by atoms with Crippen LogP contribution >= 0.6 is 23.4 Å². The average Bonchev–Trinajstić information content (AvgIpc) is 3.13. The zero-order chi connectivity index (χ0) is 19.5. The molecule has 0 bridgehead atoms. The van der Waals surface area contributed by atoms with Gasteiger partial charge in [0.15, 0.2) is 5.16 Å². The molecule has 0 N–H and O–H groups in total. The van der Waals surface area contributed by atoms with Crippen LogP contribution in [0.5, 0.6) is 0 Å². The average molecular weight is 409 g/mol. The van der Waals surface area contributed by atoms with E-state index in [1.165, 1.54) is 17.7 Å². The second-order valence-corrected chi connectivity index (χ2v) is 7.90. The molecule has 28 heavy (non-hydrogen) atoms. The van der Waals surface area contributed by atoms with Crippen molar-refractivity contribution in [2.24, 2.45) is 0 Å². The van der Waals surface area contributed by atoms with Gasteiger partial charge in [0.2, 0.25) is 0 Å². The van der Waals surface area contributed by atoms with E-state index in [0.29, 0.717) is 10.8 Å². The molecular weight excluding hydrogens is 391 g/mol. The first-order valence-electron chi connectivity index (χ1n) is 8.88. The smallest absolute Gasteiger partial charge is 0.173 e. The van der Waals surface area contributed by atoms with Crippen LogP contribution in [0.15, 0.2) is 84.1 Å². The lowest BCUT2D eigenvalue weighted by atomic mass is 10.1. The highest BCUT2D eigenvalue weighted by atomic mass is 35.5. The van der Waals surface area contributed by atoms with Gasteiger partial charge in [0.05, 0.1) is 11.9 Å². The van der Waals surface area contributed by atoms with E-state index in [1.54, 1.807) is 23.9 Å². The van der Waals surface area contributed by atoms with Crippen molar-refractivity contribution in [3.63, 3.8) is 0 Å². The summed E-state index contributed by atoms with van der Waals surface area (Å²) in [5.41, 5.74) is 5.38. The lowest BCUT2D eigenvalue weighted by Crippen LogP contribution is -1.99. The maximum Gasteiger partial charge on any atom is 0.173 e. The normalized spacial score (nSPS) is 11.0. The molecule has 3 aromatic carbocycles. The number of halogens is 2. The van der Waals surface area contributed by atoms with E-state index >= 15 is 0 Å². The first-order valence-corrected chi connectivity index (χ1v) is 10.2. The van der Waals surface area contributed by atoms with Gasteiger partial charge < -0.3 is 0 Å². The predicted molar refractivity (Wildman–Crippen MR) is 115 cm³/mol. The predicted octanol–water partition coefficient (Wildman–Crippen LogP) is 6.93. The summed E-state index contributed by atoms with van der Waals surface area (Å²) in [6.07, 6.45) is 1.90. The second kappa shape index (κ2) is 8.21. The molecule has 1 heterocycles. The minimum atomic E-state index is -0.224. The van der Waals surface area contributed by atoms with Crippen LogP contribution in [-0.2, 0) is 5.75 Å². The molecule has 0 radical (unpaired) electrons. The highest BCUT2D eigenvalue weighted by molar-refractivity contribution is 7.98. The maximum atomic E-state index is 13.2. The fourth-order valence-corrected chi connectivity index (χ4v) is 4.01. The highest BCUT2D eigenvalue weighted by Crippen LogP contribution is 2.32. The Bertz CT molecular complexity index is 1070. The van der Waals surface area contributed by atoms with Crippen LogP contribution in [0.1, 0.15) is 11.1 Å². The summed E-state index contributed by atoms with van der Waals surface area (Å²) in [6.45, 7) is 2.07. The van der Waals surface area contributed by atoms with Gasteiger partial charge in [-0.05, 0) is 48.9 Å². The van der Waals surface area contributed by atoms with Gasteiger partial charge in [-0.25, -0.2) is 9.37 Å². The van der Waals surface area contributed by atoms with E-state index in [-0.39, 0.29) is 5.82 Å². The van der Waals surface area contributed by atoms with Gasteiger partial charge in [0.25, 0.3) is 0 Å². The number of hydrogen-bond donors (Lipinski definition) is 0. The third-order valence-electron chi connectivity index (χ3n) is 4.44. The molecule has 0 saturated heterocycles. The Morgan fingerprint density at radius 2 is 1.61 bits per heavy atom. The van der Waals surface area contributed by atoms with Gasteiger partial charge in [-0.2, -0.15) is 0 Å². The summed E-state index contributed by atoms with van der Waals surface area (Å²) in [5, 5.41) is 1.57. The van der Waals surface area contributed by atoms with Crippen molar-refractivity contribution in [2.75, 3.05) is 0 Å². The molecular formula is C23H18ClFN2S. The molecule has 2 nitrogen and oxygen atoms in total. The molecule has 0 fully saturated rings. The Labute approximate surface area is 173 Å². The molecule has 0 aliphatic heterocycles. The summed E-state index contributed by atoms with van der Waals surface area (Å²) >= 11 is 7.70. The van der Waals surface area contributed by atoms with Crippen molar-refractivity contribution in [2.45, 2.75) is 17.8 Å². The zero-order valence-corrected chi connectivity index (χ0v) is 16.8. The third kappa shape index (κ3) is 4.13. The van der Waals surface area contributed by atoms with Crippen molar-refractivity contribution in [1.29, 1.82) is 0 Å². The fourth-order valence-electron chi connectivity index (χ4n) is 2.93. The summed E-state index contributed by atoms with van der Waals surface area (Å²) in [5.74, 6) is 0.483. The number of thioether (sulfide) groups is 1. The van der Waals surface area contributed by atoms with Crippen molar-refractivity contribution in [3.05, 3.63) is 101 Å². The first kappa shape index (κ1) is 18.8. The summed E-state index contributed by atoms with van der Waals surface area (Å²) < 4.78 is 15.3. The summed E-state index contributed by atoms with van der Waals surface area (Å²) in [7, 11) is 0. The van der Waals surface area contributed by atoms with Crippen LogP contribution in [-0.4, -0.2) is 9.55 Å². The van der Waals surface area contributed by atoms with Crippen LogP contribution in [0, 0.1) is 12.7 Å². The molecule has 5 heteroatoms. The Kier molecular flexibility index (Phi) is 5.51. The van der Waals surface area contributed by atoms with Crippen LogP contribution in [0.3, 0.4) is 0 Å². The minimum absolute atomic E-state index is 0.224. The van der Waals surface area contributed by atoms with E-state index in [9.17, 15) is 4.39 Å². The Hall–Kier alpha value is -2.56. The van der Waals surface area contributed by atoms with E-state index in [1.807, 2.05) is 30.5 Å². The van der Waals surface area contributed by atoms with Crippen molar-refractivity contribution >= 4 is 23.4 Å². The Morgan fingerprint density at radius 1 is 0.929 bits per heavy atom. The van der Waals surface area contributed by atoms with E-state index < -0.39 is 0 Å². The van der Waals surface area contributed by atoms with Crippen LogP contribution < -0.4 is 0 Å². The molecule has 0 atom stereocenters. The van der Waals surface area contributed by atoms with Gasteiger partial charge in [-0.15, -0.1) is 0 Å². The Morgan fingerprint density at radius 3 is 2.29 bits per heavy atom. The van der Waals surface area contributed by atoms with Crippen molar-refractivity contribution < 1.29 is 4.39 Å². The SMILES string of the molecule is Cc1ccc(-c2cnc(SCc3ccc(F)cc3)n2-c2ccc(Cl)cc2)cc1. The molecule has 0 unspecified atom stereocenters. The molecule has 0 amide bonds. The summed E-state index contributed by atoms with van der Waals surface area (Å²) in [6, 6.07) is 22.7. The van der Waals surface area contributed by atoms with E-state index in [2.05, 4.69) is 40.7 Å². The molecule has 0 spiro atoms. The minimum Gasteiger partial charge on any atom is -0.287 e. The molecule has 4 aromatic rings. The van der Waals surface area contributed by atoms with Gasteiger partial charge in [0, 0.05) is 22.0 Å². The van der Waals surface area contributed by atoms with Gasteiger partial charge in [-0.1, -0.05) is 65.3 Å². The van der Waals surface area contributed by atoms with Gasteiger partial charge in [0.1, 0.15) is 5.82 Å². The largest absolute Gasteiger partial charge is 0.287 e. The zero-order valence-electron chi connectivity index (χ0n) is 15.3. The lowest BCUT2D eigenvalue weighted by molar-refractivity contribution is 0.627. The number of benzene rings is 3. The van der Waals surface area contributed by atoms with Crippen molar-refractivity contribution in [1.82, 2.24) is 9.55 Å². The lowest BCUT2D eigenvalue weighted by Gasteiger charge is -2.12. The molecule has 0 aliphatic rings. The number of aromatic nitrogens is 2. The maximum absolute atomic E-state index is 13.2. The third-order valence-corrected chi connectivity index (χ3v) is 5.72. The molecule has 0 aliphatic carbocycles. The second-order valence-electron chi connectivity index (χ2n) is 6.52. The number of imidazole rings is 1. The monoisotopic (exact) mass is 408 g/mol. The Balaban J connectivity index is 1.72. The molecule has 4 rings (SSSR count). The van der Waals surface area contributed by atoms with Crippen LogP contribution in [0.4, 0.5) is 4.39 Å². The number of aryl methyl sites for hydroxylation is 1. The topological polar surface area (TPSA) is 17.8 Å². The van der Waals surface area contributed by atoms with Crippen LogP contribution in [0.2, 0.25) is 5.02 Å². The fraction of sp³-hybridized carbons (Fsp3) is 0.0870. The highest BCUT2D eigenvalue weighted by Gasteiger charge is 2.14. The number of hydrogen-bond acceptors (Lipinski definition) is 2. The van der Waals surface area contributed by atoms with Crippen molar-refractivity contribution in [3.8, 4) is 16.9 Å². The van der Waals surface area contributed by atoms with E-state index in [0.717, 1.165) is 27.7 Å². The van der Waals surface area contributed by atoms with Crippen LogP contribution in [0.25, 0.3) is 16.9 Å². The standard InChI is InChI=1S/C23H18ClFN2S/c1-16-2-6-18(7-3-16)22-14-26-23(27(22)21-12-8-19(24)9-13-21)28-15-17-4-10-20(25)11-5-17/h2-14H,15H2,1H3. The van der Waals surface area contributed by atoms with Gasteiger partial charge in [-0.3, -0.25) is 4.57 Å². The number of rotatable bonds is 5. The van der Waals surface area contributed by atoms with Gasteiger partial charge >= 0.3 is 0 Å². The molecule has 1 aromatic heterocycles. The first-order chi connectivity index (χ1) is 13.6. The quantitative estimate of drug-likeness (QED) is 0.333. The number of nitrogens with zero attached hydrogens (tertiary/aromatic N) is 2. The van der Waals surface area contributed by atoms with E-state index in [4.69, 9.17) is 11.6 Å².